The molecule has 0 unspecified atom stereocenters. The molecule has 3 aromatic carbocycles. The second kappa shape index (κ2) is 13.0. The Bertz CT molecular complexity index is 1460. The van der Waals surface area contributed by atoms with Gasteiger partial charge in [0.25, 0.3) is 10.0 Å². The predicted molar refractivity (Wildman–Crippen MR) is 157 cm³/mol. The number of carbonyl (C=O) groups excluding carboxylic acids is 2. The van der Waals surface area contributed by atoms with Crippen LogP contribution in [0.5, 0.6) is 0 Å². The minimum absolute atomic E-state index is 0.00865. The number of nitrogens with one attached hydrogen (secondary N) is 1. The minimum Gasteiger partial charge on any atom is -0.357 e. The lowest BCUT2D eigenvalue weighted by atomic mass is 10.1. The first kappa shape index (κ1) is 30.8. The molecule has 0 spiro atoms. The largest absolute Gasteiger partial charge is 0.357 e. The summed E-state index contributed by atoms with van der Waals surface area (Å²) in [6, 6.07) is 15.2. The summed E-state index contributed by atoms with van der Waals surface area (Å²) in [6.07, 6.45) is 0.299. The highest BCUT2D eigenvalue weighted by atomic mass is 35.5. The summed E-state index contributed by atoms with van der Waals surface area (Å²) in [5, 5.41) is 3.59. The lowest BCUT2D eigenvalue weighted by Gasteiger charge is -2.33. The maximum atomic E-state index is 13.9. The first-order chi connectivity index (χ1) is 18.4. The maximum absolute atomic E-state index is 13.9. The molecular weight excluding hydrogens is 581 g/mol. The second-order valence-corrected chi connectivity index (χ2v) is 12.2. The van der Waals surface area contributed by atoms with Crippen molar-refractivity contribution < 1.29 is 18.0 Å². The molecule has 0 radical (unpaired) electrons. The molecule has 0 saturated carbocycles. The predicted octanol–water partition coefficient (Wildman–Crippen LogP) is 6.01. The summed E-state index contributed by atoms with van der Waals surface area (Å²) in [5.41, 5.74) is 2.50. The molecule has 39 heavy (non-hydrogen) atoms. The lowest BCUT2D eigenvalue weighted by Crippen LogP contribution is -2.51. The minimum atomic E-state index is -4.18. The molecule has 0 aliphatic rings. The van der Waals surface area contributed by atoms with Crippen molar-refractivity contribution >= 4 is 62.3 Å². The molecule has 2 amide bonds. The number of amides is 2. The highest BCUT2D eigenvalue weighted by Crippen LogP contribution is 2.29. The average molecular weight is 611 g/mol. The van der Waals surface area contributed by atoms with E-state index in [4.69, 9.17) is 34.8 Å². The van der Waals surface area contributed by atoms with E-state index in [2.05, 4.69) is 5.32 Å². The molecule has 0 heterocycles. The SMILES string of the molecule is CC[C@@H](C(=O)NC)N(Cc1ccc(Cl)c(Cl)c1)C(=O)CN(c1ccc(C)c(Cl)c1)S(=O)(=O)c1ccc(C)cc1. The molecule has 0 aliphatic carbocycles. The van der Waals surface area contributed by atoms with Gasteiger partial charge in [-0.15, -0.1) is 0 Å². The van der Waals surface area contributed by atoms with Crippen LogP contribution >= 0.6 is 34.8 Å². The van der Waals surface area contributed by atoms with Crippen molar-refractivity contribution in [3.63, 3.8) is 0 Å². The summed E-state index contributed by atoms with van der Waals surface area (Å²) in [4.78, 5) is 28.1. The van der Waals surface area contributed by atoms with Gasteiger partial charge in [-0.3, -0.25) is 13.9 Å². The van der Waals surface area contributed by atoms with E-state index in [9.17, 15) is 18.0 Å². The lowest BCUT2D eigenvalue weighted by molar-refractivity contribution is -0.140. The van der Waals surface area contributed by atoms with E-state index in [-0.39, 0.29) is 23.0 Å². The van der Waals surface area contributed by atoms with Gasteiger partial charge < -0.3 is 10.2 Å². The number of hydrogen-bond donors (Lipinski definition) is 1. The molecule has 7 nitrogen and oxygen atoms in total. The molecule has 3 aromatic rings. The van der Waals surface area contributed by atoms with E-state index in [1.54, 1.807) is 56.3 Å². The van der Waals surface area contributed by atoms with Gasteiger partial charge in [-0.25, -0.2) is 8.42 Å². The Kier molecular flexibility index (Phi) is 10.3. The Hall–Kier alpha value is -2.78. The van der Waals surface area contributed by atoms with E-state index in [1.165, 1.54) is 30.1 Å². The van der Waals surface area contributed by atoms with E-state index < -0.39 is 28.5 Å². The fraction of sp³-hybridized carbons (Fsp3) is 0.286. The molecule has 0 aliphatic heterocycles. The Morgan fingerprint density at radius 2 is 1.56 bits per heavy atom. The van der Waals surface area contributed by atoms with Gasteiger partial charge in [0, 0.05) is 18.6 Å². The molecular formula is C28H30Cl3N3O4S. The third-order valence-corrected chi connectivity index (χ3v) is 9.23. The topological polar surface area (TPSA) is 86.8 Å². The van der Waals surface area contributed by atoms with Crippen LogP contribution < -0.4 is 9.62 Å². The zero-order chi connectivity index (χ0) is 28.9. The molecule has 0 saturated heterocycles. The van der Waals surface area contributed by atoms with Crippen LogP contribution in [0.15, 0.2) is 65.6 Å². The zero-order valence-electron chi connectivity index (χ0n) is 22.0. The number of halogens is 3. The second-order valence-electron chi connectivity index (χ2n) is 9.07. The molecule has 208 valence electrons. The molecule has 0 bridgehead atoms. The van der Waals surface area contributed by atoms with Crippen LogP contribution in [0, 0.1) is 13.8 Å². The summed E-state index contributed by atoms with van der Waals surface area (Å²) < 4.78 is 28.8. The monoisotopic (exact) mass is 609 g/mol. The van der Waals surface area contributed by atoms with E-state index in [1.807, 2.05) is 6.92 Å². The van der Waals surface area contributed by atoms with Crippen molar-refractivity contribution in [1.82, 2.24) is 10.2 Å². The van der Waals surface area contributed by atoms with Gasteiger partial charge >= 0.3 is 0 Å². The van der Waals surface area contributed by atoms with Crippen molar-refractivity contribution in [3.05, 3.63) is 92.4 Å². The standard InChI is InChI=1S/C28H30Cl3N3O4S/c1-5-26(28(36)32-4)33(16-20-9-13-23(29)25(31)14-20)27(35)17-34(21-10-8-19(3)24(30)15-21)39(37,38)22-11-6-18(2)7-12-22/h6-15,26H,5,16-17H2,1-4H3,(H,32,36)/t26-/m0/s1. The number of hydrogen-bond acceptors (Lipinski definition) is 4. The molecule has 1 N–H and O–H groups in total. The first-order valence-corrected chi connectivity index (χ1v) is 14.8. The molecule has 3 rings (SSSR count). The average Bonchev–Trinajstić information content (AvgIpc) is 2.90. The van der Waals surface area contributed by atoms with Crippen LogP contribution in [0.2, 0.25) is 15.1 Å². The third-order valence-electron chi connectivity index (χ3n) is 6.30. The van der Waals surface area contributed by atoms with Crippen LogP contribution in [-0.2, 0) is 26.2 Å². The van der Waals surface area contributed by atoms with Gasteiger partial charge in [-0.05, 0) is 67.8 Å². The number of sulfonamides is 1. The first-order valence-electron chi connectivity index (χ1n) is 12.2. The number of carbonyl (C=O) groups is 2. The Morgan fingerprint density at radius 1 is 0.897 bits per heavy atom. The number of nitrogens with zero attached hydrogens (tertiary/aromatic N) is 2. The number of aryl methyl sites for hydroxylation is 2. The fourth-order valence-corrected chi connectivity index (χ4v) is 5.93. The van der Waals surface area contributed by atoms with Gasteiger partial charge in [0.2, 0.25) is 11.8 Å². The normalized spacial score (nSPS) is 12.1. The van der Waals surface area contributed by atoms with Crippen LogP contribution in [-0.4, -0.2) is 44.8 Å². The van der Waals surface area contributed by atoms with Crippen molar-refractivity contribution in [1.29, 1.82) is 0 Å². The zero-order valence-corrected chi connectivity index (χ0v) is 25.1. The van der Waals surface area contributed by atoms with Crippen LogP contribution in [0.1, 0.15) is 30.0 Å². The van der Waals surface area contributed by atoms with Crippen molar-refractivity contribution in [2.24, 2.45) is 0 Å². The molecule has 0 aromatic heterocycles. The number of benzene rings is 3. The number of likely N-dealkylation sites (N-methyl/N-ethyl adjacent to an activating group) is 1. The van der Waals surface area contributed by atoms with Gasteiger partial charge in [-0.1, -0.05) is 71.6 Å². The fourth-order valence-electron chi connectivity index (χ4n) is 4.02. The van der Waals surface area contributed by atoms with E-state index >= 15 is 0 Å². The van der Waals surface area contributed by atoms with Gasteiger partial charge in [0.05, 0.1) is 20.6 Å². The van der Waals surface area contributed by atoms with E-state index in [0.29, 0.717) is 27.1 Å². The van der Waals surface area contributed by atoms with Crippen LogP contribution in [0.4, 0.5) is 5.69 Å². The van der Waals surface area contributed by atoms with E-state index in [0.717, 1.165) is 15.4 Å². The Balaban J connectivity index is 2.09. The van der Waals surface area contributed by atoms with Gasteiger partial charge in [0.15, 0.2) is 0 Å². The summed E-state index contributed by atoms with van der Waals surface area (Å²) in [5.74, 6) is -0.957. The molecule has 0 fully saturated rings. The summed E-state index contributed by atoms with van der Waals surface area (Å²) in [7, 11) is -2.70. The summed E-state index contributed by atoms with van der Waals surface area (Å²) >= 11 is 18.6. The number of rotatable bonds is 10. The number of anilines is 1. The molecule has 1 atom stereocenters. The van der Waals surface area contributed by atoms with Gasteiger partial charge in [0.1, 0.15) is 12.6 Å². The Morgan fingerprint density at radius 3 is 2.13 bits per heavy atom. The van der Waals surface area contributed by atoms with Crippen LogP contribution in [0.3, 0.4) is 0 Å². The Labute approximate surface area is 244 Å². The highest BCUT2D eigenvalue weighted by molar-refractivity contribution is 7.92. The maximum Gasteiger partial charge on any atom is 0.264 e. The van der Waals surface area contributed by atoms with Gasteiger partial charge in [-0.2, -0.15) is 0 Å². The summed E-state index contributed by atoms with van der Waals surface area (Å²) in [6.45, 7) is 4.86. The van der Waals surface area contributed by atoms with Crippen molar-refractivity contribution in [2.45, 2.75) is 44.7 Å². The quantitative estimate of drug-likeness (QED) is 0.305. The van der Waals surface area contributed by atoms with Crippen molar-refractivity contribution in [2.75, 3.05) is 17.9 Å². The van der Waals surface area contributed by atoms with Crippen LogP contribution in [0.25, 0.3) is 0 Å². The third kappa shape index (κ3) is 7.25. The van der Waals surface area contributed by atoms with Crippen molar-refractivity contribution in [3.8, 4) is 0 Å². The smallest absolute Gasteiger partial charge is 0.264 e. The highest BCUT2D eigenvalue weighted by Gasteiger charge is 2.33. The molecule has 11 heteroatoms.